The molecule has 0 spiro atoms. The Morgan fingerprint density at radius 2 is 2.25 bits per heavy atom. The van der Waals surface area contributed by atoms with Crippen LogP contribution in [0.2, 0.25) is 5.15 Å². The fourth-order valence-corrected chi connectivity index (χ4v) is 4.02. The number of aldehydes is 1. The van der Waals surface area contributed by atoms with Crippen LogP contribution in [0.4, 0.5) is 0 Å². The van der Waals surface area contributed by atoms with Crippen LogP contribution in [0, 0.1) is 0 Å². The third-order valence-electron chi connectivity index (χ3n) is 1.64. The lowest BCUT2D eigenvalue weighted by Crippen LogP contribution is -1.80. The molecule has 2 heterocycles. The maximum atomic E-state index is 10.6. The van der Waals surface area contributed by atoms with E-state index in [4.69, 9.17) is 11.6 Å². The number of rotatable bonds is 4. The van der Waals surface area contributed by atoms with Crippen LogP contribution >= 0.6 is 46.2 Å². The average molecular weight is 292 g/mol. The molecule has 0 saturated carbocycles. The van der Waals surface area contributed by atoms with Crippen molar-refractivity contribution in [2.24, 2.45) is 0 Å². The molecule has 0 radical (unpaired) electrons. The number of aryl methyl sites for hydroxylation is 1. The highest BCUT2D eigenvalue weighted by molar-refractivity contribution is 8.02. The first kappa shape index (κ1) is 12.0. The number of thiazole rings is 1. The first-order valence-corrected chi connectivity index (χ1v) is 7.13. The third kappa shape index (κ3) is 2.60. The minimum atomic E-state index is 0.253. The topological polar surface area (TPSA) is 55.7 Å². The Hall–Kier alpha value is -0.500. The minimum absolute atomic E-state index is 0.253. The summed E-state index contributed by atoms with van der Waals surface area (Å²) >= 11 is 9.74. The lowest BCUT2D eigenvalue weighted by atomic mass is 10.5. The molecule has 0 aromatic carbocycles. The number of nitrogens with zero attached hydrogens (tertiary/aromatic N) is 3. The molecule has 0 aliphatic carbocycles. The average Bonchev–Trinajstić information content (AvgIpc) is 2.85. The summed E-state index contributed by atoms with van der Waals surface area (Å²) in [7, 11) is 0. The van der Waals surface area contributed by atoms with E-state index in [9.17, 15) is 4.79 Å². The largest absolute Gasteiger partial charge is 0.297 e. The van der Waals surface area contributed by atoms with Crippen LogP contribution in [0.1, 0.15) is 22.4 Å². The molecule has 0 atom stereocenters. The van der Waals surface area contributed by atoms with Crippen LogP contribution < -0.4 is 0 Å². The van der Waals surface area contributed by atoms with Gasteiger partial charge in [-0.25, -0.2) is 9.97 Å². The quantitative estimate of drug-likeness (QED) is 0.810. The molecule has 0 fully saturated rings. The van der Waals surface area contributed by atoms with Gasteiger partial charge in [0.05, 0.1) is 0 Å². The van der Waals surface area contributed by atoms with Crippen molar-refractivity contribution in [1.82, 2.24) is 14.3 Å². The van der Waals surface area contributed by atoms with Gasteiger partial charge in [0.2, 0.25) is 0 Å². The van der Waals surface area contributed by atoms with Crippen molar-refractivity contribution < 1.29 is 4.79 Å². The normalized spacial score (nSPS) is 10.6. The highest BCUT2D eigenvalue weighted by Gasteiger charge is 2.12. The van der Waals surface area contributed by atoms with Crippen molar-refractivity contribution in [2.45, 2.75) is 22.0 Å². The van der Waals surface area contributed by atoms with E-state index in [2.05, 4.69) is 14.3 Å². The fraction of sp³-hybridized carbons (Fsp3) is 0.250. The zero-order valence-electron chi connectivity index (χ0n) is 8.14. The molecule has 0 aliphatic rings. The van der Waals surface area contributed by atoms with Gasteiger partial charge in [-0.1, -0.05) is 18.5 Å². The Morgan fingerprint density at radius 3 is 2.81 bits per heavy atom. The number of carbonyl (C=O) groups is 1. The van der Waals surface area contributed by atoms with Gasteiger partial charge in [-0.3, -0.25) is 4.79 Å². The Labute approximate surface area is 109 Å². The van der Waals surface area contributed by atoms with Crippen molar-refractivity contribution in [3.8, 4) is 0 Å². The summed E-state index contributed by atoms with van der Waals surface area (Å²) in [4.78, 5) is 19.4. The SMILES string of the molecule is CCc1nsc(Sc2nc(Cl)c(C=O)s2)n1. The lowest BCUT2D eigenvalue weighted by Gasteiger charge is -1.87. The molecule has 0 bridgehead atoms. The number of hydrogen-bond acceptors (Lipinski definition) is 7. The molecule has 2 rings (SSSR count). The molecule has 84 valence electrons. The van der Waals surface area contributed by atoms with E-state index in [1.807, 2.05) is 6.92 Å². The lowest BCUT2D eigenvalue weighted by molar-refractivity contribution is 0.112. The summed E-state index contributed by atoms with van der Waals surface area (Å²) in [6.45, 7) is 2.00. The first-order valence-electron chi connectivity index (χ1n) is 4.35. The van der Waals surface area contributed by atoms with Gasteiger partial charge < -0.3 is 0 Å². The summed E-state index contributed by atoms with van der Waals surface area (Å²) in [5.41, 5.74) is 0. The number of aromatic nitrogens is 3. The van der Waals surface area contributed by atoms with Crippen LogP contribution in [0.25, 0.3) is 0 Å². The van der Waals surface area contributed by atoms with Gasteiger partial charge in [0, 0.05) is 6.42 Å². The summed E-state index contributed by atoms with van der Waals surface area (Å²) in [5, 5.41) is 0.253. The maximum Gasteiger partial charge on any atom is 0.177 e. The standard InChI is InChI=1S/C8H6ClN3OS3/c1-2-5-10-8(16-12-5)15-7-11-6(9)4(3-13)14-7/h3H,2H2,1H3. The molecular weight excluding hydrogens is 286 g/mol. The molecule has 0 N–H and O–H groups in total. The molecule has 0 aliphatic heterocycles. The molecule has 0 amide bonds. The van der Waals surface area contributed by atoms with Gasteiger partial charge in [0.25, 0.3) is 0 Å². The molecular formula is C8H6ClN3OS3. The van der Waals surface area contributed by atoms with Crippen LogP contribution in [0.5, 0.6) is 0 Å². The second-order valence-electron chi connectivity index (χ2n) is 2.68. The fourth-order valence-electron chi connectivity index (χ4n) is 0.908. The number of halogens is 1. The van der Waals surface area contributed by atoms with E-state index >= 15 is 0 Å². The van der Waals surface area contributed by atoms with Gasteiger partial charge in [0.15, 0.2) is 20.1 Å². The maximum absolute atomic E-state index is 10.6. The van der Waals surface area contributed by atoms with Crippen molar-refractivity contribution in [3.05, 3.63) is 15.9 Å². The molecule has 2 aromatic rings. The molecule has 8 heteroatoms. The molecule has 2 aromatic heterocycles. The summed E-state index contributed by atoms with van der Waals surface area (Å²) < 4.78 is 5.70. The van der Waals surface area contributed by atoms with E-state index in [0.29, 0.717) is 15.5 Å². The highest BCUT2D eigenvalue weighted by atomic mass is 35.5. The van der Waals surface area contributed by atoms with Crippen molar-refractivity contribution >= 4 is 52.5 Å². The second-order valence-corrected chi connectivity index (χ2v) is 6.32. The molecule has 4 nitrogen and oxygen atoms in total. The van der Waals surface area contributed by atoms with E-state index in [1.165, 1.54) is 34.6 Å². The third-order valence-corrected chi connectivity index (χ3v) is 4.87. The monoisotopic (exact) mass is 291 g/mol. The van der Waals surface area contributed by atoms with Gasteiger partial charge in [-0.2, -0.15) is 4.37 Å². The van der Waals surface area contributed by atoms with Crippen LogP contribution in [-0.2, 0) is 6.42 Å². The van der Waals surface area contributed by atoms with Crippen LogP contribution in [0.3, 0.4) is 0 Å². The molecule has 16 heavy (non-hydrogen) atoms. The van der Waals surface area contributed by atoms with Crippen molar-refractivity contribution in [3.63, 3.8) is 0 Å². The minimum Gasteiger partial charge on any atom is -0.297 e. The van der Waals surface area contributed by atoms with Crippen molar-refractivity contribution in [2.75, 3.05) is 0 Å². The van der Waals surface area contributed by atoms with E-state index in [-0.39, 0.29) is 5.15 Å². The predicted octanol–water partition coefficient (Wildman–Crippen LogP) is 3.17. The van der Waals surface area contributed by atoms with Crippen LogP contribution in [0.15, 0.2) is 8.68 Å². The number of hydrogen-bond donors (Lipinski definition) is 0. The second kappa shape index (κ2) is 5.22. The van der Waals surface area contributed by atoms with Crippen LogP contribution in [-0.4, -0.2) is 20.6 Å². The van der Waals surface area contributed by atoms with Gasteiger partial charge in [0.1, 0.15) is 10.7 Å². The Balaban J connectivity index is 2.16. The Bertz CT molecular complexity index is 510. The smallest absolute Gasteiger partial charge is 0.177 e. The Kier molecular flexibility index (Phi) is 3.91. The zero-order chi connectivity index (χ0) is 11.5. The summed E-state index contributed by atoms with van der Waals surface area (Å²) in [6, 6.07) is 0. The van der Waals surface area contributed by atoms with E-state index in [1.54, 1.807) is 0 Å². The number of carbonyl (C=O) groups excluding carboxylic acids is 1. The first-order chi connectivity index (χ1) is 7.72. The zero-order valence-corrected chi connectivity index (χ0v) is 11.3. The van der Waals surface area contributed by atoms with Gasteiger partial charge in [-0.05, 0) is 23.3 Å². The molecule has 0 saturated heterocycles. The summed E-state index contributed by atoms with van der Waals surface area (Å²) in [6.07, 6.45) is 1.52. The molecule has 0 unspecified atom stereocenters. The van der Waals surface area contributed by atoms with E-state index < -0.39 is 0 Å². The van der Waals surface area contributed by atoms with E-state index in [0.717, 1.165) is 16.6 Å². The predicted molar refractivity (Wildman–Crippen MR) is 65.9 cm³/mol. The highest BCUT2D eigenvalue weighted by Crippen LogP contribution is 2.34. The van der Waals surface area contributed by atoms with Gasteiger partial charge in [-0.15, -0.1) is 11.3 Å². The Morgan fingerprint density at radius 1 is 1.44 bits per heavy atom. The summed E-state index contributed by atoms with van der Waals surface area (Å²) in [5.74, 6) is 0.825. The van der Waals surface area contributed by atoms with Gasteiger partial charge >= 0.3 is 0 Å². The van der Waals surface area contributed by atoms with Crippen molar-refractivity contribution in [1.29, 1.82) is 0 Å².